The van der Waals surface area contributed by atoms with Crippen LogP contribution < -0.4 is 21.6 Å². The maximum atomic E-state index is 9.99. The van der Waals surface area contributed by atoms with Gasteiger partial charge >= 0.3 is 0 Å². The third kappa shape index (κ3) is 3.06. The molecule has 0 spiro atoms. The molecule has 0 saturated heterocycles. The minimum absolute atomic E-state index is 0.160. The summed E-state index contributed by atoms with van der Waals surface area (Å²) < 4.78 is 0. The fourth-order valence-electron chi connectivity index (χ4n) is 3.08. The Hall–Kier alpha value is -2.57. The van der Waals surface area contributed by atoms with Crippen LogP contribution in [0.5, 0.6) is 0 Å². The zero-order valence-corrected chi connectivity index (χ0v) is 15.3. The third-order valence-electron chi connectivity index (χ3n) is 4.11. The molecule has 0 amide bonds. The zero-order valence-electron chi connectivity index (χ0n) is 13.5. The van der Waals surface area contributed by atoms with Gasteiger partial charge in [0.1, 0.15) is 4.99 Å². The minimum atomic E-state index is -2.43. The molecule has 3 aromatic carbocycles. The van der Waals surface area contributed by atoms with E-state index in [2.05, 4.69) is 42.3 Å². The van der Waals surface area contributed by atoms with E-state index in [1.165, 1.54) is 0 Å². The molecule has 0 aliphatic carbocycles. The summed E-state index contributed by atoms with van der Waals surface area (Å²) in [5.74, 6) is 2.34. The van der Waals surface area contributed by atoms with Crippen LogP contribution in [0.1, 0.15) is 0 Å². The summed E-state index contributed by atoms with van der Waals surface area (Å²) in [4.78, 5) is 0.160. The van der Waals surface area contributed by atoms with Gasteiger partial charge in [0.15, 0.2) is 0 Å². The van der Waals surface area contributed by atoms with Gasteiger partial charge < -0.3 is 11.1 Å². The van der Waals surface area contributed by atoms with Gasteiger partial charge in [-0.1, -0.05) is 103 Å². The molecule has 0 aromatic heterocycles. The van der Waals surface area contributed by atoms with E-state index in [0.29, 0.717) is 5.31 Å². The normalized spacial score (nSPS) is 10.7. The molecule has 0 unspecified atom stereocenters. The van der Waals surface area contributed by atoms with Crippen LogP contribution >= 0.6 is 19.5 Å². The lowest BCUT2D eigenvalue weighted by Gasteiger charge is -2.39. The van der Waals surface area contributed by atoms with Gasteiger partial charge in [-0.05, 0) is 23.2 Å². The minimum Gasteiger partial charge on any atom is -0.763 e. The molecule has 1 radical (unpaired) electrons. The first-order valence-corrected chi connectivity index (χ1v) is 10.0. The second-order valence-electron chi connectivity index (χ2n) is 5.50. The molecule has 0 heterocycles. The van der Waals surface area contributed by atoms with Gasteiger partial charge in [-0.25, -0.2) is 0 Å². The number of hydrogen-bond donors (Lipinski definition) is 1. The van der Waals surface area contributed by atoms with Crippen molar-refractivity contribution < 1.29 is 0 Å². The lowest BCUT2D eigenvalue weighted by molar-refractivity contribution is 1.71. The van der Waals surface area contributed by atoms with Crippen LogP contribution in [0, 0.1) is 0 Å². The monoisotopic (exact) mass is 360 g/mol. The highest BCUT2D eigenvalue weighted by Gasteiger charge is 2.38. The van der Waals surface area contributed by atoms with E-state index in [9.17, 15) is 5.41 Å². The zero-order chi connectivity index (χ0) is 17.7. The van der Waals surface area contributed by atoms with E-state index in [4.69, 9.17) is 18.0 Å². The standard InChI is InChI=1S/C21H17N2PS/c22-16-20(21(23)25)24(17-10-4-1-5-11-17,18-12-6-2-7-13-18)19-14-8-3-9-15-19/h1-15H,(H2,23,25)/q-1. The van der Waals surface area contributed by atoms with Crippen molar-refractivity contribution in [1.82, 2.24) is 0 Å². The molecular formula is C21H17N2PS-. The Kier molecular flexibility index (Phi) is 5.21. The van der Waals surface area contributed by atoms with Gasteiger partial charge in [-0.2, -0.15) is 0 Å². The highest BCUT2D eigenvalue weighted by atomic mass is 32.1. The summed E-state index contributed by atoms with van der Waals surface area (Å²) in [5.41, 5.74) is 6.05. The summed E-state index contributed by atoms with van der Waals surface area (Å²) in [5, 5.41) is 13.7. The Bertz CT molecular complexity index is 821. The van der Waals surface area contributed by atoms with E-state index >= 15 is 0 Å². The lowest BCUT2D eigenvalue weighted by Crippen LogP contribution is -2.36. The molecule has 25 heavy (non-hydrogen) atoms. The smallest absolute Gasteiger partial charge is 0.111 e. The number of hydrogen-bond acceptors (Lipinski definition) is 1. The average Bonchev–Trinajstić information content (AvgIpc) is 2.68. The Balaban J connectivity index is 2.49. The molecule has 2 N–H and O–H groups in total. The third-order valence-corrected chi connectivity index (χ3v) is 8.69. The number of rotatable bonds is 5. The van der Waals surface area contributed by atoms with Crippen LogP contribution in [0.15, 0.2) is 96.3 Å². The molecular weight excluding hydrogens is 343 g/mol. The van der Waals surface area contributed by atoms with E-state index in [1.807, 2.05) is 54.6 Å². The van der Waals surface area contributed by atoms with Gasteiger partial charge in [-0.3, -0.25) is 5.87 Å². The fourth-order valence-corrected chi connectivity index (χ4v) is 7.55. The van der Waals surface area contributed by atoms with Crippen LogP contribution in [0.25, 0.3) is 5.41 Å². The van der Waals surface area contributed by atoms with Crippen molar-refractivity contribution in [1.29, 1.82) is 0 Å². The number of benzene rings is 3. The molecule has 0 fully saturated rings. The quantitative estimate of drug-likeness (QED) is 0.328. The van der Waals surface area contributed by atoms with Crippen molar-refractivity contribution in [2.24, 2.45) is 5.73 Å². The van der Waals surface area contributed by atoms with Gasteiger partial charge in [0, 0.05) is 5.31 Å². The summed E-state index contributed by atoms with van der Waals surface area (Å²) in [6, 6.07) is 30.2. The molecule has 0 atom stereocenters. The fraction of sp³-hybridized carbons (Fsp3) is 0. The largest absolute Gasteiger partial charge is 0.763 e. The molecule has 0 aliphatic heterocycles. The SMILES string of the molecule is [N-]=C=C(C(N)=S)[P](c1ccccc1)(c1ccccc1)c1ccccc1. The Morgan fingerprint density at radius 2 is 1.04 bits per heavy atom. The first kappa shape index (κ1) is 17.3. The second-order valence-corrected chi connectivity index (χ2v) is 9.28. The molecule has 3 aromatic rings. The van der Waals surface area contributed by atoms with Crippen LogP contribution in [-0.4, -0.2) is 10.9 Å². The highest BCUT2D eigenvalue weighted by Crippen LogP contribution is 2.61. The Morgan fingerprint density at radius 3 is 1.28 bits per heavy atom. The molecule has 3 rings (SSSR count). The lowest BCUT2D eigenvalue weighted by atomic mass is 10.4. The van der Waals surface area contributed by atoms with Gasteiger partial charge in [0.05, 0.1) is 0 Å². The second kappa shape index (κ2) is 7.55. The van der Waals surface area contributed by atoms with Crippen LogP contribution in [-0.2, 0) is 0 Å². The van der Waals surface area contributed by atoms with E-state index in [0.717, 1.165) is 15.9 Å². The Labute approximate surface area is 153 Å². The summed E-state index contributed by atoms with van der Waals surface area (Å²) >= 11 is 5.31. The molecule has 0 bridgehead atoms. The van der Waals surface area contributed by atoms with Crippen molar-refractivity contribution in [3.63, 3.8) is 0 Å². The molecule has 2 nitrogen and oxygen atoms in total. The average molecular weight is 360 g/mol. The van der Waals surface area contributed by atoms with Gasteiger partial charge in [0.2, 0.25) is 0 Å². The first-order valence-electron chi connectivity index (χ1n) is 7.84. The van der Waals surface area contributed by atoms with E-state index in [-0.39, 0.29) is 4.99 Å². The number of thiocarbonyl (C=S) groups is 1. The van der Waals surface area contributed by atoms with Crippen LogP contribution in [0.4, 0.5) is 0 Å². The molecule has 0 saturated carbocycles. The Morgan fingerprint density at radius 1 is 0.720 bits per heavy atom. The van der Waals surface area contributed by atoms with Gasteiger partial charge in [-0.15, -0.1) is 0 Å². The van der Waals surface area contributed by atoms with Crippen molar-refractivity contribution >= 4 is 46.3 Å². The van der Waals surface area contributed by atoms with Gasteiger partial charge in [0.25, 0.3) is 0 Å². The maximum absolute atomic E-state index is 9.99. The molecule has 4 heteroatoms. The molecule has 0 aliphatic rings. The first-order chi connectivity index (χ1) is 12.2. The van der Waals surface area contributed by atoms with Crippen LogP contribution in [0.3, 0.4) is 0 Å². The summed E-state index contributed by atoms with van der Waals surface area (Å²) in [6.07, 6.45) is 0. The van der Waals surface area contributed by atoms with Crippen LogP contribution in [0.2, 0.25) is 0 Å². The predicted octanol–water partition coefficient (Wildman–Crippen LogP) is 3.39. The van der Waals surface area contributed by atoms with Crippen molar-refractivity contribution in [2.75, 3.05) is 0 Å². The van der Waals surface area contributed by atoms with E-state index < -0.39 is 7.26 Å². The van der Waals surface area contributed by atoms with Crippen molar-refractivity contribution in [3.8, 4) is 0 Å². The molecule has 123 valence electrons. The maximum Gasteiger partial charge on any atom is 0.111 e. The highest BCUT2D eigenvalue weighted by molar-refractivity contribution is 8.01. The summed E-state index contributed by atoms with van der Waals surface area (Å²) in [6.45, 7) is 0. The van der Waals surface area contributed by atoms with Crippen molar-refractivity contribution in [3.05, 3.63) is 102 Å². The number of nitrogens with zero attached hydrogens (tertiary/aromatic N) is 1. The topological polar surface area (TPSA) is 48.3 Å². The number of nitrogens with two attached hydrogens (primary N) is 1. The predicted molar refractivity (Wildman–Crippen MR) is 114 cm³/mol. The summed E-state index contributed by atoms with van der Waals surface area (Å²) in [7, 11) is -2.43. The van der Waals surface area contributed by atoms with Crippen molar-refractivity contribution in [2.45, 2.75) is 0 Å². The van der Waals surface area contributed by atoms with E-state index in [1.54, 1.807) is 0 Å².